The molecule has 0 aromatic rings. The molecule has 0 aromatic carbocycles. The molecule has 2 aliphatic rings. The van der Waals surface area contributed by atoms with E-state index in [0.717, 1.165) is 38.8 Å². The van der Waals surface area contributed by atoms with Gasteiger partial charge in [-0.3, -0.25) is 9.89 Å². The molecule has 0 aromatic heterocycles. The number of guanidine groups is 1. The van der Waals surface area contributed by atoms with E-state index in [1.807, 2.05) is 7.05 Å². The summed E-state index contributed by atoms with van der Waals surface area (Å²) in [6.07, 6.45) is 3.66. The Bertz CT molecular complexity index is 387. The van der Waals surface area contributed by atoms with Gasteiger partial charge in [0.15, 0.2) is 5.96 Å². The molecule has 2 heterocycles. The molecular formula is C19H39N5O. The lowest BCUT2D eigenvalue weighted by Crippen LogP contribution is -2.54. The van der Waals surface area contributed by atoms with E-state index in [0.29, 0.717) is 18.0 Å². The highest BCUT2D eigenvalue weighted by Crippen LogP contribution is 2.13. The van der Waals surface area contributed by atoms with Crippen molar-refractivity contribution in [3.05, 3.63) is 0 Å². The summed E-state index contributed by atoms with van der Waals surface area (Å²) in [4.78, 5) is 9.58. The minimum atomic E-state index is 0.522. The van der Waals surface area contributed by atoms with Crippen molar-refractivity contribution >= 4 is 5.96 Å². The molecule has 25 heavy (non-hydrogen) atoms. The number of aliphatic imine (C=N–C) groups is 1. The molecule has 2 saturated heterocycles. The molecule has 2 fully saturated rings. The molecule has 146 valence electrons. The van der Waals surface area contributed by atoms with E-state index in [2.05, 4.69) is 46.2 Å². The average molecular weight is 354 g/mol. The van der Waals surface area contributed by atoms with Crippen molar-refractivity contribution < 1.29 is 4.74 Å². The van der Waals surface area contributed by atoms with Crippen molar-refractivity contribution in [3.8, 4) is 0 Å². The van der Waals surface area contributed by atoms with E-state index in [-0.39, 0.29) is 0 Å². The second kappa shape index (κ2) is 11.0. The monoisotopic (exact) mass is 353 g/mol. The van der Waals surface area contributed by atoms with E-state index in [1.54, 1.807) is 0 Å². The van der Waals surface area contributed by atoms with E-state index in [1.165, 1.54) is 38.9 Å². The topological polar surface area (TPSA) is 52.1 Å². The minimum Gasteiger partial charge on any atom is -0.379 e. The summed E-state index contributed by atoms with van der Waals surface area (Å²) < 4.78 is 5.50. The summed E-state index contributed by atoms with van der Waals surface area (Å²) in [7, 11) is 1.88. The maximum absolute atomic E-state index is 5.50. The van der Waals surface area contributed by atoms with Crippen molar-refractivity contribution in [1.29, 1.82) is 0 Å². The number of hydrogen-bond acceptors (Lipinski definition) is 4. The molecule has 0 aliphatic carbocycles. The van der Waals surface area contributed by atoms with E-state index >= 15 is 0 Å². The summed E-state index contributed by atoms with van der Waals surface area (Å²) in [6.45, 7) is 15.2. The molecule has 6 nitrogen and oxygen atoms in total. The molecule has 1 unspecified atom stereocenters. The third-order valence-electron chi connectivity index (χ3n) is 5.45. The smallest absolute Gasteiger partial charge is 0.191 e. The van der Waals surface area contributed by atoms with Crippen LogP contribution in [-0.4, -0.2) is 87.4 Å². The molecule has 2 aliphatic heterocycles. The Kier molecular flexibility index (Phi) is 8.99. The van der Waals surface area contributed by atoms with Gasteiger partial charge >= 0.3 is 0 Å². The molecule has 2 N–H and O–H groups in total. The molecule has 0 spiro atoms. The summed E-state index contributed by atoms with van der Waals surface area (Å²) >= 11 is 0. The predicted octanol–water partition coefficient (Wildman–Crippen LogP) is 1.38. The lowest BCUT2D eigenvalue weighted by atomic mass is 10.0. The van der Waals surface area contributed by atoms with Crippen molar-refractivity contribution in [2.24, 2.45) is 10.9 Å². The Morgan fingerprint density at radius 3 is 2.40 bits per heavy atom. The second-order valence-corrected chi connectivity index (χ2v) is 7.67. The van der Waals surface area contributed by atoms with Crippen LogP contribution in [0.2, 0.25) is 0 Å². The number of nitrogens with one attached hydrogen (secondary N) is 2. The van der Waals surface area contributed by atoms with Gasteiger partial charge in [-0.05, 0) is 31.7 Å². The molecule has 0 bridgehead atoms. The number of nitrogens with zero attached hydrogens (tertiary/aromatic N) is 3. The largest absolute Gasteiger partial charge is 0.379 e. The number of ether oxygens (including phenoxy) is 1. The maximum atomic E-state index is 5.50. The average Bonchev–Trinajstić information content (AvgIpc) is 2.63. The number of hydrogen-bond donors (Lipinski definition) is 2. The van der Waals surface area contributed by atoms with Gasteiger partial charge in [0, 0.05) is 51.9 Å². The fourth-order valence-corrected chi connectivity index (χ4v) is 3.90. The third kappa shape index (κ3) is 6.76. The van der Waals surface area contributed by atoms with Gasteiger partial charge in [-0.25, -0.2) is 0 Å². The standard InChI is InChI=1S/C19H39N5O/c1-5-8-23-9-6-17(7-10-23)22-19(20-4)21-15-18(16(2)3)24-11-13-25-14-12-24/h16-18H,5-15H2,1-4H3,(H2,20,21,22). The first-order valence-electron chi connectivity index (χ1n) is 10.1. The summed E-state index contributed by atoms with van der Waals surface area (Å²) in [6, 6.07) is 1.06. The molecule has 0 radical (unpaired) electrons. The van der Waals surface area contributed by atoms with Crippen LogP contribution in [0.25, 0.3) is 0 Å². The number of piperidine rings is 1. The van der Waals surface area contributed by atoms with Gasteiger partial charge in [0.1, 0.15) is 0 Å². The lowest BCUT2D eigenvalue weighted by molar-refractivity contribution is 0.00750. The van der Waals surface area contributed by atoms with Gasteiger partial charge in [-0.15, -0.1) is 0 Å². The Hall–Kier alpha value is -0.850. The third-order valence-corrected chi connectivity index (χ3v) is 5.45. The Balaban J connectivity index is 1.77. The molecule has 0 saturated carbocycles. The van der Waals surface area contributed by atoms with Crippen LogP contribution < -0.4 is 10.6 Å². The minimum absolute atomic E-state index is 0.522. The zero-order valence-corrected chi connectivity index (χ0v) is 16.8. The van der Waals surface area contributed by atoms with E-state index < -0.39 is 0 Å². The predicted molar refractivity (Wildman–Crippen MR) is 105 cm³/mol. The maximum Gasteiger partial charge on any atom is 0.191 e. The summed E-state index contributed by atoms with van der Waals surface area (Å²) in [5.74, 6) is 1.56. The quantitative estimate of drug-likeness (QED) is 0.535. The lowest BCUT2D eigenvalue weighted by Gasteiger charge is -2.37. The zero-order valence-electron chi connectivity index (χ0n) is 16.8. The van der Waals surface area contributed by atoms with Crippen LogP contribution >= 0.6 is 0 Å². The van der Waals surface area contributed by atoms with Crippen molar-refractivity contribution in [1.82, 2.24) is 20.4 Å². The normalized spacial score (nSPS) is 23.0. The van der Waals surface area contributed by atoms with Crippen LogP contribution in [0.4, 0.5) is 0 Å². The first kappa shape index (κ1) is 20.5. The Labute approximate surface area is 154 Å². The molecular weight excluding hydrogens is 314 g/mol. The van der Waals surface area contributed by atoms with Gasteiger partial charge in [0.25, 0.3) is 0 Å². The molecule has 2 rings (SSSR count). The number of likely N-dealkylation sites (tertiary alicyclic amines) is 1. The van der Waals surface area contributed by atoms with Crippen molar-refractivity contribution in [2.45, 2.75) is 52.1 Å². The van der Waals surface area contributed by atoms with Gasteiger partial charge in [0.2, 0.25) is 0 Å². The van der Waals surface area contributed by atoms with Crippen LogP contribution in [-0.2, 0) is 4.74 Å². The van der Waals surface area contributed by atoms with E-state index in [4.69, 9.17) is 4.74 Å². The van der Waals surface area contributed by atoms with Crippen LogP contribution in [0, 0.1) is 5.92 Å². The number of morpholine rings is 1. The highest BCUT2D eigenvalue weighted by atomic mass is 16.5. The Morgan fingerprint density at radius 2 is 1.84 bits per heavy atom. The fourth-order valence-electron chi connectivity index (χ4n) is 3.90. The fraction of sp³-hybridized carbons (Fsp3) is 0.947. The SMILES string of the molecule is CCCN1CCC(NC(=NC)NCC(C(C)C)N2CCOCC2)CC1. The first-order chi connectivity index (χ1) is 12.1. The van der Waals surface area contributed by atoms with Gasteiger partial charge in [-0.2, -0.15) is 0 Å². The van der Waals surface area contributed by atoms with Gasteiger partial charge < -0.3 is 20.3 Å². The molecule has 6 heteroatoms. The number of rotatable bonds is 7. The Morgan fingerprint density at radius 1 is 1.16 bits per heavy atom. The molecule has 0 amide bonds. The summed E-state index contributed by atoms with van der Waals surface area (Å²) in [5.41, 5.74) is 0. The highest BCUT2D eigenvalue weighted by molar-refractivity contribution is 5.80. The van der Waals surface area contributed by atoms with Crippen molar-refractivity contribution in [2.75, 3.05) is 59.5 Å². The summed E-state index contributed by atoms with van der Waals surface area (Å²) in [5, 5.41) is 7.21. The van der Waals surface area contributed by atoms with Crippen molar-refractivity contribution in [3.63, 3.8) is 0 Å². The van der Waals surface area contributed by atoms with E-state index in [9.17, 15) is 0 Å². The highest BCUT2D eigenvalue weighted by Gasteiger charge is 2.24. The van der Waals surface area contributed by atoms with Crippen LogP contribution in [0.1, 0.15) is 40.0 Å². The zero-order chi connectivity index (χ0) is 18.1. The van der Waals surface area contributed by atoms with Crippen LogP contribution in [0.3, 0.4) is 0 Å². The second-order valence-electron chi connectivity index (χ2n) is 7.67. The van der Waals surface area contributed by atoms with Crippen LogP contribution in [0.15, 0.2) is 4.99 Å². The first-order valence-corrected chi connectivity index (χ1v) is 10.1. The van der Waals surface area contributed by atoms with Gasteiger partial charge in [0.05, 0.1) is 13.2 Å². The van der Waals surface area contributed by atoms with Gasteiger partial charge in [-0.1, -0.05) is 20.8 Å². The van der Waals surface area contributed by atoms with Crippen LogP contribution in [0.5, 0.6) is 0 Å². The molecule has 1 atom stereocenters.